The Morgan fingerprint density at radius 3 is 2.75 bits per heavy atom. The number of thiazole rings is 1. The van der Waals surface area contributed by atoms with Crippen molar-refractivity contribution in [3.8, 4) is 11.3 Å². The van der Waals surface area contributed by atoms with Gasteiger partial charge in [-0.1, -0.05) is 12.1 Å². The Bertz CT molecular complexity index is 651. The summed E-state index contributed by atoms with van der Waals surface area (Å²) >= 11 is 1.55. The molecule has 2 aromatic rings. The quantitative estimate of drug-likeness (QED) is 0.849. The molecule has 6 heteroatoms. The number of hydrogen-bond acceptors (Lipinski definition) is 4. The smallest absolute Gasteiger partial charge is 0.315 e. The number of benzene rings is 1. The van der Waals surface area contributed by atoms with E-state index >= 15 is 0 Å². The van der Waals surface area contributed by atoms with Crippen LogP contribution in [0.4, 0.5) is 5.69 Å². The molecule has 20 heavy (non-hydrogen) atoms. The minimum atomic E-state index is -1.14. The molecule has 0 saturated carbocycles. The van der Waals surface area contributed by atoms with E-state index in [2.05, 4.69) is 10.3 Å². The summed E-state index contributed by atoms with van der Waals surface area (Å²) in [7, 11) is 0. The number of carboxylic acids is 1. The van der Waals surface area contributed by atoms with Gasteiger partial charge in [-0.15, -0.1) is 11.3 Å². The van der Waals surface area contributed by atoms with Crippen LogP contribution in [0.3, 0.4) is 0 Å². The van der Waals surface area contributed by atoms with Crippen LogP contribution in [0.2, 0.25) is 0 Å². The molecule has 1 heterocycles. The Hall–Kier alpha value is -2.21. The molecule has 0 aliphatic carbocycles. The van der Waals surface area contributed by atoms with E-state index in [1.54, 1.807) is 29.5 Å². The number of hydrogen-bond donors (Lipinski definition) is 2. The van der Waals surface area contributed by atoms with Crippen molar-refractivity contribution < 1.29 is 14.7 Å². The molecule has 0 radical (unpaired) electrons. The van der Waals surface area contributed by atoms with Crippen LogP contribution in [0.25, 0.3) is 11.3 Å². The molecule has 0 fully saturated rings. The molecule has 2 rings (SSSR count). The van der Waals surface area contributed by atoms with Crippen LogP contribution in [0.5, 0.6) is 0 Å². The highest BCUT2D eigenvalue weighted by atomic mass is 32.1. The number of nitrogens with zero attached hydrogens (tertiary/aromatic N) is 1. The van der Waals surface area contributed by atoms with Gasteiger partial charge in [0, 0.05) is 16.6 Å². The standard InChI is InChI=1S/C14H14N2O3S/c1-8(14(18)19)13(17)16-11-5-3-4-10(6-11)12-7-20-9(2)15-12/h3-8H,1-2H3,(H,16,17)(H,18,19). The summed E-state index contributed by atoms with van der Waals surface area (Å²) in [6.45, 7) is 3.28. The van der Waals surface area contributed by atoms with Gasteiger partial charge in [-0.05, 0) is 26.0 Å². The summed E-state index contributed by atoms with van der Waals surface area (Å²) in [5.41, 5.74) is 2.29. The van der Waals surface area contributed by atoms with Crippen molar-refractivity contribution in [2.24, 2.45) is 5.92 Å². The lowest BCUT2D eigenvalue weighted by atomic mass is 10.1. The van der Waals surface area contributed by atoms with E-state index < -0.39 is 17.8 Å². The third-order valence-electron chi connectivity index (χ3n) is 2.81. The average molecular weight is 290 g/mol. The van der Waals surface area contributed by atoms with Crippen molar-refractivity contribution in [1.29, 1.82) is 0 Å². The van der Waals surface area contributed by atoms with E-state index in [9.17, 15) is 9.59 Å². The molecule has 1 amide bonds. The molecule has 0 aliphatic rings. The monoisotopic (exact) mass is 290 g/mol. The summed E-state index contributed by atoms with van der Waals surface area (Å²) in [5.74, 6) is -2.77. The van der Waals surface area contributed by atoms with Crippen molar-refractivity contribution in [2.45, 2.75) is 13.8 Å². The summed E-state index contributed by atoms with van der Waals surface area (Å²) in [5, 5.41) is 14.3. The van der Waals surface area contributed by atoms with Crippen LogP contribution in [-0.2, 0) is 9.59 Å². The minimum Gasteiger partial charge on any atom is -0.481 e. The predicted octanol–water partition coefficient (Wildman–Crippen LogP) is 2.78. The third kappa shape index (κ3) is 3.21. The van der Waals surface area contributed by atoms with Crippen LogP contribution >= 0.6 is 11.3 Å². The molecule has 5 nitrogen and oxygen atoms in total. The second-order valence-electron chi connectivity index (χ2n) is 4.38. The number of aryl methyl sites for hydroxylation is 1. The van der Waals surface area contributed by atoms with Gasteiger partial charge in [0.1, 0.15) is 5.92 Å². The maximum Gasteiger partial charge on any atom is 0.315 e. The number of carbonyl (C=O) groups is 2. The zero-order valence-corrected chi connectivity index (χ0v) is 11.9. The van der Waals surface area contributed by atoms with E-state index in [1.807, 2.05) is 18.4 Å². The number of rotatable bonds is 4. The molecule has 1 atom stereocenters. The van der Waals surface area contributed by atoms with E-state index in [0.717, 1.165) is 16.3 Å². The topological polar surface area (TPSA) is 79.3 Å². The molecule has 1 unspecified atom stereocenters. The van der Waals surface area contributed by atoms with Gasteiger partial charge in [0.05, 0.1) is 10.7 Å². The minimum absolute atomic E-state index is 0.538. The molecule has 1 aromatic heterocycles. The Kier molecular flexibility index (Phi) is 4.14. The number of amides is 1. The molecule has 0 bridgehead atoms. The highest BCUT2D eigenvalue weighted by Gasteiger charge is 2.20. The Balaban J connectivity index is 2.18. The fraction of sp³-hybridized carbons (Fsp3) is 0.214. The van der Waals surface area contributed by atoms with Crippen LogP contribution in [0, 0.1) is 12.8 Å². The predicted molar refractivity (Wildman–Crippen MR) is 77.7 cm³/mol. The normalized spacial score (nSPS) is 11.9. The first-order valence-corrected chi connectivity index (χ1v) is 6.91. The van der Waals surface area contributed by atoms with Gasteiger partial charge >= 0.3 is 5.97 Å². The van der Waals surface area contributed by atoms with E-state index in [0.29, 0.717) is 5.69 Å². The van der Waals surface area contributed by atoms with Crippen molar-refractivity contribution >= 4 is 28.9 Å². The van der Waals surface area contributed by atoms with Crippen molar-refractivity contribution in [3.05, 3.63) is 34.7 Å². The fourth-order valence-corrected chi connectivity index (χ4v) is 2.24. The average Bonchev–Trinajstić information content (AvgIpc) is 2.84. The van der Waals surface area contributed by atoms with Crippen LogP contribution in [0.1, 0.15) is 11.9 Å². The largest absolute Gasteiger partial charge is 0.481 e. The van der Waals surface area contributed by atoms with Gasteiger partial charge in [-0.3, -0.25) is 9.59 Å². The third-order valence-corrected chi connectivity index (χ3v) is 3.58. The molecular formula is C14H14N2O3S. The number of aromatic nitrogens is 1. The van der Waals surface area contributed by atoms with Crippen LogP contribution in [-0.4, -0.2) is 22.0 Å². The molecule has 0 spiro atoms. The van der Waals surface area contributed by atoms with Gasteiger partial charge in [-0.25, -0.2) is 4.98 Å². The fourth-order valence-electron chi connectivity index (χ4n) is 1.61. The first kappa shape index (κ1) is 14.2. The molecule has 1 aromatic carbocycles. The Labute approximate surface area is 120 Å². The molecular weight excluding hydrogens is 276 g/mol. The maximum atomic E-state index is 11.7. The lowest BCUT2D eigenvalue weighted by molar-refractivity contribution is -0.144. The molecule has 2 N–H and O–H groups in total. The number of carboxylic acid groups (broad SMARTS) is 1. The number of anilines is 1. The highest BCUT2D eigenvalue weighted by Crippen LogP contribution is 2.24. The Morgan fingerprint density at radius 2 is 2.15 bits per heavy atom. The second-order valence-corrected chi connectivity index (χ2v) is 5.44. The molecule has 104 valence electrons. The van der Waals surface area contributed by atoms with E-state index in [1.165, 1.54) is 6.92 Å². The van der Waals surface area contributed by atoms with Crippen LogP contribution in [0.15, 0.2) is 29.6 Å². The number of nitrogens with one attached hydrogen (secondary N) is 1. The van der Waals surface area contributed by atoms with Gasteiger partial charge in [-0.2, -0.15) is 0 Å². The Morgan fingerprint density at radius 1 is 1.40 bits per heavy atom. The van der Waals surface area contributed by atoms with Gasteiger partial charge in [0.15, 0.2) is 0 Å². The van der Waals surface area contributed by atoms with Gasteiger partial charge in [0.25, 0.3) is 0 Å². The summed E-state index contributed by atoms with van der Waals surface area (Å²) < 4.78 is 0. The lowest BCUT2D eigenvalue weighted by Crippen LogP contribution is -2.26. The highest BCUT2D eigenvalue weighted by molar-refractivity contribution is 7.09. The first-order valence-electron chi connectivity index (χ1n) is 6.03. The lowest BCUT2D eigenvalue weighted by Gasteiger charge is -2.09. The summed E-state index contributed by atoms with van der Waals surface area (Å²) in [6, 6.07) is 7.19. The zero-order chi connectivity index (χ0) is 14.7. The van der Waals surface area contributed by atoms with Gasteiger partial charge in [0.2, 0.25) is 5.91 Å². The number of aliphatic carboxylic acids is 1. The summed E-state index contributed by atoms with van der Waals surface area (Å²) in [4.78, 5) is 26.8. The molecule has 0 aliphatic heterocycles. The van der Waals surface area contributed by atoms with Crippen molar-refractivity contribution in [1.82, 2.24) is 4.98 Å². The second kappa shape index (κ2) is 5.83. The van der Waals surface area contributed by atoms with E-state index in [4.69, 9.17) is 5.11 Å². The van der Waals surface area contributed by atoms with Gasteiger partial charge < -0.3 is 10.4 Å². The summed E-state index contributed by atoms with van der Waals surface area (Å²) in [6.07, 6.45) is 0. The molecule has 0 saturated heterocycles. The van der Waals surface area contributed by atoms with Crippen molar-refractivity contribution in [2.75, 3.05) is 5.32 Å². The maximum absolute atomic E-state index is 11.7. The van der Waals surface area contributed by atoms with E-state index in [-0.39, 0.29) is 0 Å². The number of carbonyl (C=O) groups excluding carboxylic acids is 1. The zero-order valence-electron chi connectivity index (χ0n) is 11.1. The first-order chi connectivity index (χ1) is 9.47. The van der Waals surface area contributed by atoms with Crippen LogP contribution < -0.4 is 5.32 Å². The SMILES string of the molecule is Cc1nc(-c2cccc(NC(=O)C(C)C(=O)O)c2)cs1. The van der Waals surface area contributed by atoms with Crippen molar-refractivity contribution in [3.63, 3.8) is 0 Å².